The van der Waals surface area contributed by atoms with E-state index in [0.29, 0.717) is 37.0 Å². The zero-order valence-corrected chi connectivity index (χ0v) is 14.8. The molecule has 0 radical (unpaired) electrons. The van der Waals surface area contributed by atoms with Crippen molar-refractivity contribution in [3.63, 3.8) is 0 Å². The van der Waals surface area contributed by atoms with Crippen molar-refractivity contribution in [1.29, 1.82) is 0 Å². The largest absolute Gasteiger partial charge is 0.355 e. The molecular weight excluding hydrogens is 334 g/mol. The summed E-state index contributed by atoms with van der Waals surface area (Å²) in [5.41, 5.74) is 0. The van der Waals surface area contributed by atoms with Crippen LogP contribution in [-0.4, -0.2) is 66.6 Å². The second-order valence-electron chi connectivity index (χ2n) is 5.35. The molecule has 1 heterocycles. The van der Waals surface area contributed by atoms with E-state index in [1.807, 2.05) is 36.1 Å². The number of carbonyl (C=O) groups excluding carboxylic acids is 2. The van der Waals surface area contributed by atoms with E-state index in [-0.39, 0.29) is 11.8 Å². The highest BCUT2D eigenvalue weighted by atomic mass is 35.5. The topological polar surface area (TPSA) is 52.7 Å². The number of nitrogens with one attached hydrogen (secondary N) is 1. The lowest BCUT2D eigenvalue weighted by atomic mass is 10.3. The van der Waals surface area contributed by atoms with Gasteiger partial charge in [0.25, 0.3) is 0 Å². The maximum absolute atomic E-state index is 12.3. The van der Waals surface area contributed by atoms with E-state index in [4.69, 9.17) is 11.6 Å². The first kappa shape index (κ1) is 18.1. The number of nitrogens with zero attached hydrogens (tertiary/aromatic N) is 2. The van der Waals surface area contributed by atoms with Gasteiger partial charge in [0, 0.05) is 42.6 Å². The molecule has 0 saturated carbocycles. The normalized spacial score (nSPS) is 15.5. The summed E-state index contributed by atoms with van der Waals surface area (Å²) in [6.45, 7) is 5.82. The number of hydrogen-bond acceptors (Lipinski definition) is 4. The zero-order valence-electron chi connectivity index (χ0n) is 13.3. The fourth-order valence-electron chi connectivity index (χ4n) is 2.38. The summed E-state index contributed by atoms with van der Waals surface area (Å²) in [4.78, 5) is 28.8. The van der Waals surface area contributed by atoms with Crippen molar-refractivity contribution in [1.82, 2.24) is 15.1 Å². The summed E-state index contributed by atoms with van der Waals surface area (Å²) in [6.07, 6.45) is 0. The van der Waals surface area contributed by atoms with Gasteiger partial charge in [-0.1, -0.05) is 11.6 Å². The van der Waals surface area contributed by atoms with Crippen molar-refractivity contribution in [2.45, 2.75) is 11.8 Å². The highest BCUT2D eigenvalue weighted by molar-refractivity contribution is 8.00. The molecule has 0 aliphatic carbocycles. The Hall–Kier alpha value is -1.24. The van der Waals surface area contributed by atoms with Gasteiger partial charge in [0.2, 0.25) is 11.8 Å². The van der Waals surface area contributed by atoms with E-state index >= 15 is 0 Å². The van der Waals surface area contributed by atoms with Gasteiger partial charge in [-0.3, -0.25) is 14.5 Å². The predicted octanol–water partition coefficient (Wildman–Crippen LogP) is 1.71. The minimum absolute atomic E-state index is 0.0468. The lowest BCUT2D eigenvalue weighted by Crippen LogP contribution is -2.51. The molecule has 1 N–H and O–H groups in total. The van der Waals surface area contributed by atoms with E-state index in [9.17, 15) is 9.59 Å². The second-order valence-corrected chi connectivity index (χ2v) is 6.84. The molecule has 0 aromatic heterocycles. The highest BCUT2D eigenvalue weighted by Crippen LogP contribution is 2.20. The lowest BCUT2D eigenvalue weighted by Gasteiger charge is -2.34. The Balaban J connectivity index is 1.71. The number of likely N-dealkylation sites (N-methyl/N-ethyl adjacent to an activating group) is 1. The standard InChI is InChI=1S/C16H22ClN3O2S/c1-2-18-15(21)11-19-7-9-20(10-8-19)16(22)12-23-14-5-3-13(17)4-6-14/h3-6H,2,7-12H2,1H3,(H,18,21). The summed E-state index contributed by atoms with van der Waals surface area (Å²) >= 11 is 7.37. The maximum Gasteiger partial charge on any atom is 0.234 e. The number of carbonyl (C=O) groups is 2. The van der Waals surface area contributed by atoms with Gasteiger partial charge in [0.15, 0.2) is 0 Å². The number of benzene rings is 1. The van der Waals surface area contributed by atoms with E-state index in [1.165, 1.54) is 11.8 Å². The van der Waals surface area contributed by atoms with Crippen molar-refractivity contribution < 1.29 is 9.59 Å². The van der Waals surface area contributed by atoms with Gasteiger partial charge in [-0.25, -0.2) is 0 Å². The monoisotopic (exact) mass is 355 g/mol. The molecule has 1 saturated heterocycles. The smallest absolute Gasteiger partial charge is 0.234 e. The Labute approximate surface area is 146 Å². The number of amides is 2. The Morgan fingerprint density at radius 2 is 1.83 bits per heavy atom. The minimum Gasteiger partial charge on any atom is -0.355 e. The Morgan fingerprint density at radius 3 is 2.43 bits per heavy atom. The van der Waals surface area contributed by atoms with E-state index in [1.54, 1.807) is 0 Å². The number of hydrogen-bond donors (Lipinski definition) is 1. The number of thioether (sulfide) groups is 1. The third-order valence-corrected chi connectivity index (χ3v) is 4.89. The van der Waals surface area contributed by atoms with Crippen LogP contribution in [0.1, 0.15) is 6.92 Å². The molecule has 0 atom stereocenters. The molecule has 5 nitrogen and oxygen atoms in total. The van der Waals surface area contributed by atoms with Crippen LogP contribution in [0.3, 0.4) is 0 Å². The van der Waals surface area contributed by atoms with Crippen LogP contribution in [0, 0.1) is 0 Å². The molecule has 1 fully saturated rings. The molecule has 1 aromatic rings. The average molecular weight is 356 g/mol. The Bertz CT molecular complexity index is 531. The van der Waals surface area contributed by atoms with Crippen LogP contribution in [-0.2, 0) is 9.59 Å². The maximum atomic E-state index is 12.3. The molecule has 126 valence electrons. The first-order valence-electron chi connectivity index (χ1n) is 7.73. The average Bonchev–Trinajstić information content (AvgIpc) is 2.55. The van der Waals surface area contributed by atoms with Crippen molar-refractivity contribution in [3.8, 4) is 0 Å². The van der Waals surface area contributed by atoms with Gasteiger partial charge < -0.3 is 10.2 Å². The molecule has 0 spiro atoms. The first-order chi connectivity index (χ1) is 11.1. The van der Waals surface area contributed by atoms with Gasteiger partial charge in [0.1, 0.15) is 0 Å². The molecule has 1 aliphatic heterocycles. The second kappa shape index (κ2) is 9.15. The van der Waals surface area contributed by atoms with Crippen LogP contribution in [0.4, 0.5) is 0 Å². The minimum atomic E-state index is 0.0468. The van der Waals surface area contributed by atoms with Crippen LogP contribution in [0.5, 0.6) is 0 Å². The number of halogens is 1. The SMILES string of the molecule is CCNC(=O)CN1CCN(C(=O)CSc2ccc(Cl)cc2)CC1. The Kier molecular flexibility index (Phi) is 7.20. The van der Waals surface area contributed by atoms with Gasteiger partial charge in [-0.15, -0.1) is 11.8 Å². The van der Waals surface area contributed by atoms with Crippen LogP contribution < -0.4 is 5.32 Å². The summed E-state index contributed by atoms with van der Waals surface area (Å²) in [6, 6.07) is 7.50. The fourth-order valence-corrected chi connectivity index (χ4v) is 3.31. The van der Waals surface area contributed by atoms with Gasteiger partial charge in [-0.05, 0) is 31.2 Å². The summed E-state index contributed by atoms with van der Waals surface area (Å²) < 4.78 is 0. The van der Waals surface area contributed by atoms with Crippen LogP contribution in [0.25, 0.3) is 0 Å². The third-order valence-electron chi connectivity index (χ3n) is 3.64. The molecular formula is C16H22ClN3O2S. The molecule has 0 unspecified atom stereocenters. The van der Waals surface area contributed by atoms with Gasteiger partial charge >= 0.3 is 0 Å². The molecule has 23 heavy (non-hydrogen) atoms. The van der Waals surface area contributed by atoms with Crippen molar-refractivity contribution in [2.24, 2.45) is 0 Å². The molecule has 7 heteroatoms. The van der Waals surface area contributed by atoms with Crippen molar-refractivity contribution >= 4 is 35.2 Å². The first-order valence-corrected chi connectivity index (χ1v) is 9.10. The quantitative estimate of drug-likeness (QED) is 0.789. The molecule has 0 bridgehead atoms. The summed E-state index contributed by atoms with van der Waals surface area (Å²) in [5.74, 6) is 0.617. The summed E-state index contributed by atoms with van der Waals surface area (Å²) in [7, 11) is 0. The van der Waals surface area contributed by atoms with Gasteiger partial charge in [-0.2, -0.15) is 0 Å². The molecule has 1 aromatic carbocycles. The Morgan fingerprint density at radius 1 is 1.17 bits per heavy atom. The van der Waals surface area contributed by atoms with E-state index in [2.05, 4.69) is 10.2 Å². The number of piperazine rings is 1. The molecule has 1 aliphatic rings. The van der Waals surface area contributed by atoms with Crippen LogP contribution in [0.15, 0.2) is 29.2 Å². The predicted molar refractivity (Wildman–Crippen MR) is 93.9 cm³/mol. The van der Waals surface area contributed by atoms with Crippen LogP contribution in [0.2, 0.25) is 5.02 Å². The summed E-state index contributed by atoms with van der Waals surface area (Å²) in [5, 5.41) is 3.49. The molecule has 2 rings (SSSR count). The molecule has 2 amide bonds. The van der Waals surface area contributed by atoms with E-state index < -0.39 is 0 Å². The fraction of sp³-hybridized carbons (Fsp3) is 0.500. The number of rotatable bonds is 6. The van der Waals surface area contributed by atoms with Crippen molar-refractivity contribution in [2.75, 3.05) is 45.0 Å². The lowest BCUT2D eigenvalue weighted by molar-refractivity contribution is -0.130. The zero-order chi connectivity index (χ0) is 16.7. The highest BCUT2D eigenvalue weighted by Gasteiger charge is 2.22. The van der Waals surface area contributed by atoms with E-state index in [0.717, 1.165) is 18.0 Å². The van der Waals surface area contributed by atoms with Crippen molar-refractivity contribution in [3.05, 3.63) is 29.3 Å². The van der Waals surface area contributed by atoms with Crippen LogP contribution >= 0.6 is 23.4 Å². The van der Waals surface area contributed by atoms with Gasteiger partial charge in [0.05, 0.1) is 12.3 Å². The third kappa shape index (κ3) is 6.05.